The monoisotopic (exact) mass is 485 g/mol. The van der Waals surface area contributed by atoms with E-state index in [0.29, 0.717) is 54.8 Å². The van der Waals surface area contributed by atoms with Crippen LogP contribution in [0.25, 0.3) is 22.6 Å². The van der Waals surface area contributed by atoms with Crippen LogP contribution in [0, 0.1) is 11.8 Å². The topological polar surface area (TPSA) is 111 Å². The summed E-state index contributed by atoms with van der Waals surface area (Å²) < 4.78 is 7.19. The fourth-order valence-electron chi connectivity index (χ4n) is 4.87. The normalized spacial score (nSPS) is 19.9. The summed E-state index contributed by atoms with van der Waals surface area (Å²) in [5, 5.41) is 12.8. The molecule has 8 heteroatoms. The van der Waals surface area contributed by atoms with Gasteiger partial charge in [0.25, 0.3) is 5.56 Å². The van der Waals surface area contributed by atoms with Gasteiger partial charge in [-0.25, -0.2) is 4.98 Å². The first-order valence-corrected chi connectivity index (χ1v) is 12.1. The van der Waals surface area contributed by atoms with Gasteiger partial charge in [-0.05, 0) is 73.7 Å². The van der Waals surface area contributed by atoms with Crippen molar-refractivity contribution in [3.63, 3.8) is 0 Å². The molecule has 0 fully saturated rings. The number of carboxylic acids is 1. The van der Waals surface area contributed by atoms with Crippen LogP contribution in [0.3, 0.4) is 0 Å². The van der Waals surface area contributed by atoms with Crippen LogP contribution in [0.4, 0.5) is 5.69 Å². The number of anilines is 1. The number of aromatic nitrogens is 2. The second kappa shape index (κ2) is 9.81. The predicted octanol–water partition coefficient (Wildman–Crippen LogP) is 4.35. The van der Waals surface area contributed by atoms with Gasteiger partial charge in [-0.3, -0.25) is 19.0 Å². The van der Waals surface area contributed by atoms with Crippen molar-refractivity contribution in [2.75, 3.05) is 11.9 Å². The minimum absolute atomic E-state index is 0.119. The van der Waals surface area contributed by atoms with Crippen molar-refractivity contribution in [2.45, 2.75) is 32.7 Å². The van der Waals surface area contributed by atoms with E-state index in [1.807, 2.05) is 43.3 Å². The number of hydrogen-bond donors (Lipinski definition) is 2. The van der Waals surface area contributed by atoms with Crippen LogP contribution < -0.4 is 15.6 Å². The number of rotatable bonds is 6. The summed E-state index contributed by atoms with van der Waals surface area (Å²) in [4.78, 5) is 42.4. The van der Waals surface area contributed by atoms with E-state index in [1.165, 1.54) is 0 Å². The zero-order valence-corrected chi connectivity index (χ0v) is 19.9. The van der Waals surface area contributed by atoms with Crippen molar-refractivity contribution in [1.29, 1.82) is 0 Å². The Hall–Kier alpha value is -4.20. The molecule has 1 aromatic heterocycles. The molecule has 2 aliphatic rings. The first kappa shape index (κ1) is 23.5. The summed E-state index contributed by atoms with van der Waals surface area (Å²) >= 11 is 0. The molecule has 1 amide bonds. The van der Waals surface area contributed by atoms with Crippen LogP contribution in [-0.4, -0.2) is 33.1 Å². The van der Waals surface area contributed by atoms with Crippen LogP contribution in [0.5, 0.6) is 5.75 Å². The van der Waals surface area contributed by atoms with Gasteiger partial charge in [-0.2, -0.15) is 0 Å². The highest BCUT2D eigenvalue weighted by Crippen LogP contribution is 2.30. The average Bonchev–Trinajstić information content (AvgIpc) is 3.28. The van der Waals surface area contributed by atoms with Crippen LogP contribution >= 0.6 is 0 Å². The van der Waals surface area contributed by atoms with Gasteiger partial charge < -0.3 is 15.2 Å². The van der Waals surface area contributed by atoms with Crippen molar-refractivity contribution in [2.24, 2.45) is 11.8 Å². The van der Waals surface area contributed by atoms with E-state index in [-0.39, 0.29) is 11.5 Å². The number of nitrogens with zero attached hydrogens (tertiary/aromatic N) is 2. The van der Waals surface area contributed by atoms with Crippen molar-refractivity contribution >= 4 is 40.1 Å². The van der Waals surface area contributed by atoms with Gasteiger partial charge >= 0.3 is 5.97 Å². The highest BCUT2D eigenvalue weighted by Gasteiger charge is 2.34. The molecule has 2 N–H and O–H groups in total. The van der Waals surface area contributed by atoms with E-state index >= 15 is 0 Å². The molecular weight excluding hydrogens is 458 g/mol. The third-order valence-corrected chi connectivity index (χ3v) is 6.73. The van der Waals surface area contributed by atoms with Crippen LogP contribution in [0.15, 0.2) is 59.4 Å². The van der Waals surface area contributed by atoms with Crippen molar-refractivity contribution in [1.82, 2.24) is 9.55 Å². The molecule has 2 aromatic carbocycles. The third-order valence-electron chi connectivity index (χ3n) is 6.73. The lowest BCUT2D eigenvalue weighted by atomic mass is 9.82. The number of hydrogen-bond acceptors (Lipinski definition) is 5. The predicted molar refractivity (Wildman–Crippen MR) is 138 cm³/mol. The second-order valence-corrected chi connectivity index (χ2v) is 9.03. The molecule has 8 nitrogen and oxygen atoms in total. The maximum Gasteiger partial charge on any atom is 0.307 e. The first-order valence-electron chi connectivity index (χ1n) is 12.1. The maximum absolute atomic E-state index is 13.2. The van der Waals surface area contributed by atoms with Crippen LogP contribution in [0.1, 0.15) is 37.6 Å². The first-order chi connectivity index (χ1) is 17.4. The fourth-order valence-corrected chi connectivity index (χ4v) is 4.87. The lowest BCUT2D eigenvalue weighted by Crippen LogP contribution is -2.34. The number of nitrogens with one attached hydrogen (secondary N) is 1. The number of aliphatic carboxylic acids is 1. The quantitative estimate of drug-likeness (QED) is 0.503. The molecule has 1 aliphatic carbocycles. The molecule has 2 heterocycles. The molecule has 36 heavy (non-hydrogen) atoms. The SMILES string of the molecule is CCOc1ccc(/C=C2\CCn3c2nc2cc(NC(=O)[C@@H]4CC=CC[C@@H]4C(=O)O)ccc2c3=O)cc1. The Balaban J connectivity index is 1.44. The molecule has 0 radical (unpaired) electrons. The molecule has 0 saturated heterocycles. The van der Waals surface area contributed by atoms with Gasteiger partial charge in [0.1, 0.15) is 11.6 Å². The standard InChI is InChI=1S/C28H27N3O5/c1-2-36-20-10-7-17(8-11-20)15-18-13-14-31-25(18)30-24-16-19(9-12-23(24)27(31)33)29-26(32)21-5-3-4-6-22(21)28(34)35/h3-4,7-12,15-16,21-22H,2,5-6,13-14H2,1H3,(H,29,32)(H,34,35)/b18-15+/t21-,22+/m1/s1. The number of allylic oxidation sites excluding steroid dienone is 3. The van der Waals surface area contributed by atoms with Crippen molar-refractivity contribution < 1.29 is 19.4 Å². The number of ether oxygens (including phenoxy) is 1. The molecule has 0 bridgehead atoms. The summed E-state index contributed by atoms with van der Waals surface area (Å²) in [6.07, 6.45) is 7.08. The van der Waals surface area contributed by atoms with Gasteiger partial charge in [-0.15, -0.1) is 0 Å². The summed E-state index contributed by atoms with van der Waals surface area (Å²) in [7, 11) is 0. The molecule has 2 atom stereocenters. The van der Waals surface area contributed by atoms with E-state index < -0.39 is 17.8 Å². The van der Waals surface area contributed by atoms with Gasteiger partial charge in [-0.1, -0.05) is 24.3 Å². The maximum atomic E-state index is 13.2. The molecule has 0 spiro atoms. The highest BCUT2D eigenvalue weighted by molar-refractivity contribution is 5.97. The molecule has 0 unspecified atom stereocenters. The molecule has 0 saturated carbocycles. The molecule has 5 rings (SSSR count). The molecule has 3 aromatic rings. The molecule has 1 aliphatic heterocycles. The fraction of sp³-hybridized carbons (Fsp3) is 0.286. The van der Waals surface area contributed by atoms with Gasteiger partial charge in [0.2, 0.25) is 5.91 Å². The largest absolute Gasteiger partial charge is 0.494 e. The number of carbonyl (C=O) groups is 2. The summed E-state index contributed by atoms with van der Waals surface area (Å²) in [6.45, 7) is 3.11. The molecular formula is C28H27N3O5. The Bertz CT molecular complexity index is 1450. The second-order valence-electron chi connectivity index (χ2n) is 9.03. The summed E-state index contributed by atoms with van der Waals surface area (Å²) in [5.74, 6) is -1.30. The number of benzene rings is 2. The van der Waals surface area contributed by atoms with Gasteiger partial charge in [0, 0.05) is 12.2 Å². The summed E-state index contributed by atoms with van der Waals surface area (Å²) in [5.41, 5.74) is 2.81. The van der Waals surface area contributed by atoms with E-state index in [9.17, 15) is 19.5 Å². The smallest absolute Gasteiger partial charge is 0.307 e. The van der Waals surface area contributed by atoms with Crippen molar-refractivity contribution in [3.05, 3.63) is 76.4 Å². The average molecular weight is 486 g/mol. The lowest BCUT2D eigenvalue weighted by Gasteiger charge is -2.24. The Morgan fingerprint density at radius 1 is 1.14 bits per heavy atom. The van der Waals surface area contributed by atoms with E-state index in [2.05, 4.69) is 5.32 Å². The highest BCUT2D eigenvalue weighted by atomic mass is 16.5. The minimum Gasteiger partial charge on any atom is -0.494 e. The zero-order valence-electron chi connectivity index (χ0n) is 19.9. The molecule has 184 valence electrons. The van der Waals surface area contributed by atoms with E-state index in [0.717, 1.165) is 16.9 Å². The Kier molecular flexibility index (Phi) is 6.41. The minimum atomic E-state index is -0.977. The summed E-state index contributed by atoms with van der Waals surface area (Å²) in [6, 6.07) is 12.8. The van der Waals surface area contributed by atoms with Crippen molar-refractivity contribution in [3.8, 4) is 5.75 Å². The zero-order chi connectivity index (χ0) is 25.2. The van der Waals surface area contributed by atoms with E-state index in [1.54, 1.807) is 28.8 Å². The van der Waals surface area contributed by atoms with Gasteiger partial charge in [0.15, 0.2) is 0 Å². The Morgan fingerprint density at radius 2 is 1.89 bits per heavy atom. The van der Waals surface area contributed by atoms with Crippen LogP contribution in [0.2, 0.25) is 0 Å². The van der Waals surface area contributed by atoms with Gasteiger partial charge in [0.05, 0.1) is 29.3 Å². The number of amides is 1. The lowest BCUT2D eigenvalue weighted by molar-refractivity contribution is -0.146. The number of fused-ring (bicyclic) bond motifs is 2. The number of carbonyl (C=O) groups excluding carboxylic acids is 1. The third kappa shape index (κ3) is 4.54. The van der Waals surface area contributed by atoms with Crippen LogP contribution in [-0.2, 0) is 16.1 Å². The Labute approximate surface area is 207 Å². The van der Waals surface area contributed by atoms with E-state index in [4.69, 9.17) is 9.72 Å². The Morgan fingerprint density at radius 3 is 2.61 bits per heavy atom. The number of carboxylic acid groups (broad SMARTS) is 1.